The monoisotopic (exact) mass is 534 g/mol. The Labute approximate surface area is 223 Å². The molecule has 0 aliphatic carbocycles. The van der Waals surface area contributed by atoms with Gasteiger partial charge in [-0.1, -0.05) is 45.7 Å². The second kappa shape index (κ2) is 17.6. The smallest absolute Gasteiger partial charge is 0.256 e. The summed E-state index contributed by atoms with van der Waals surface area (Å²) in [6.07, 6.45) is 4.35. The Hall–Kier alpha value is -2.86. The highest BCUT2D eigenvalue weighted by Crippen LogP contribution is 2.27. The van der Waals surface area contributed by atoms with E-state index in [1.807, 2.05) is 30.6 Å². The summed E-state index contributed by atoms with van der Waals surface area (Å²) in [7, 11) is 3.19. The first-order chi connectivity index (χ1) is 17.8. The SMILES string of the molecule is CCCC[C@H](NC=O)C(O)C(=O)Nc1ccn[nH]1.CN1CCC(C)(C)C1.CO.c1ccc2scnc2c1. The molecule has 4 rings (SSSR count). The van der Waals surface area contributed by atoms with Crippen LogP contribution in [0.4, 0.5) is 5.82 Å². The number of unbranched alkanes of at least 4 members (excludes halogenated alkanes) is 1. The zero-order valence-electron chi connectivity index (χ0n) is 22.5. The standard InChI is InChI=1S/C11H18N4O3.C7H5NS.C7H15N.CH4O/c1-2-3-4-8(12-7-16)10(17)11(18)14-9-5-6-13-15-9;1-2-4-7-6(3-1)8-5-9-7;1-7(2)4-5-8(3)6-7;1-2/h5-8,10,17H,2-4H2,1H3,(H,12,16)(H2,13,14,15,18);1-5H;4-6H2,1-3H3;2H,1H3/t8-,10?;;;/m0.../s1. The average Bonchev–Trinajstić information content (AvgIpc) is 3.65. The lowest BCUT2D eigenvalue weighted by molar-refractivity contribution is -0.126. The number of benzene rings is 1. The van der Waals surface area contributed by atoms with Crippen LogP contribution in [0.5, 0.6) is 0 Å². The van der Waals surface area contributed by atoms with E-state index in [-0.39, 0.29) is 0 Å². The van der Waals surface area contributed by atoms with Crippen molar-refractivity contribution in [2.24, 2.45) is 5.41 Å². The number of rotatable bonds is 8. The van der Waals surface area contributed by atoms with E-state index in [0.717, 1.165) is 25.5 Å². The number of aliphatic hydroxyl groups is 2. The van der Waals surface area contributed by atoms with Gasteiger partial charge in [-0.05, 0) is 44.0 Å². The Morgan fingerprint density at radius 3 is 2.54 bits per heavy atom. The number of H-pyrrole nitrogens is 1. The first kappa shape index (κ1) is 32.2. The van der Waals surface area contributed by atoms with Crippen molar-refractivity contribution < 1.29 is 19.8 Å². The van der Waals surface area contributed by atoms with Crippen LogP contribution in [0.2, 0.25) is 0 Å². The van der Waals surface area contributed by atoms with Crippen LogP contribution >= 0.6 is 11.3 Å². The molecule has 1 unspecified atom stereocenters. The zero-order valence-corrected chi connectivity index (χ0v) is 23.3. The summed E-state index contributed by atoms with van der Waals surface area (Å²) >= 11 is 1.68. The molecule has 2 atom stereocenters. The van der Waals surface area contributed by atoms with Gasteiger partial charge in [-0.25, -0.2) is 4.98 Å². The number of nitrogens with zero attached hydrogens (tertiary/aromatic N) is 3. The molecule has 1 fully saturated rings. The van der Waals surface area contributed by atoms with Gasteiger partial charge in [0, 0.05) is 19.7 Å². The summed E-state index contributed by atoms with van der Waals surface area (Å²) < 4.78 is 1.26. The molecule has 5 N–H and O–H groups in total. The number of amides is 2. The maximum Gasteiger partial charge on any atom is 0.256 e. The topological polar surface area (TPSA) is 143 Å². The normalized spacial score (nSPS) is 15.5. The number of nitrogens with one attached hydrogen (secondary N) is 3. The van der Waals surface area contributed by atoms with Gasteiger partial charge in [0.05, 0.1) is 28.0 Å². The second-order valence-corrected chi connectivity index (χ2v) is 10.3. The molecule has 3 heterocycles. The molecule has 1 saturated heterocycles. The molecule has 2 amide bonds. The summed E-state index contributed by atoms with van der Waals surface area (Å²) in [6.45, 7) is 9.21. The number of carbonyl (C=O) groups excluding carboxylic acids is 2. The van der Waals surface area contributed by atoms with Crippen molar-refractivity contribution in [2.75, 3.05) is 32.6 Å². The van der Waals surface area contributed by atoms with Gasteiger partial charge in [0.25, 0.3) is 5.91 Å². The predicted octanol–water partition coefficient (Wildman–Crippen LogP) is 3.27. The van der Waals surface area contributed by atoms with Gasteiger partial charge in [-0.3, -0.25) is 14.7 Å². The maximum atomic E-state index is 11.7. The number of aliphatic hydroxyl groups excluding tert-OH is 2. The van der Waals surface area contributed by atoms with E-state index >= 15 is 0 Å². The minimum absolute atomic E-state index is 0.402. The fraction of sp³-hybridized carbons (Fsp3) is 0.538. The first-order valence-corrected chi connectivity index (χ1v) is 13.2. The van der Waals surface area contributed by atoms with E-state index in [2.05, 4.69) is 57.7 Å². The molecule has 3 aromatic rings. The third-order valence-corrected chi connectivity index (χ3v) is 6.47. The number of fused-ring (bicyclic) bond motifs is 1. The Morgan fingerprint density at radius 1 is 1.30 bits per heavy atom. The van der Waals surface area contributed by atoms with Crippen LogP contribution in [0.1, 0.15) is 46.5 Å². The molecule has 1 aliphatic rings. The molecule has 206 valence electrons. The molecule has 11 heteroatoms. The van der Waals surface area contributed by atoms with E-state index in [1.165, 1.54) is 30.4 Å². The van der Waals surface area contributed by atoms with E-state index in [9.17, 15) is 14.7 Å². The molecule has 1 aromatic carbocycles. The summed E-state index contributed by atoms with van der Waals surface area (Å²) in [5, 5.41) is 28.0. The highest BCUT2D eigenvalue weighted by atomic mass is 32.1. The van der Waals surface area contributed by atoms with E-state index in [4.69, 9.17) is 5.11 Å². The second-order valence-electron chi connectivity index (χ2n) is 9.41. The number of aromatic nitrogens is 3. The van der Waals surface area contributed by atoms with Crippen LogP contribution in [0.25, 0.3) is 10.2 Å². The highest BCUT2D eigenvalue weighted by molar-refractivity contribution is 7.16. The van der Waals surface area contributed by atoms with Gasteiger partial charge < -0.3 is 25.7 Å². The van der Waals surface area contributed by atoms with Crippen molar-refractivity contribution in [3.8, 4) is 0 Å². The minimum atomic E-state index is -1.29. The lowest BCUT2D eigenvalue weighted by Gasteiger charge is -2.21. The minimum Gasteiger partial charge on any atom is -0.400 e. The van der Waals surface area contributed by atoms with Crippen molar-refractivity contribution in [1.82, 2.24) is 25.4 Å². The fourth-order valence-electron chi connectivity index (χ4n) is 3.74. The number of likely N-dealkylation sites (tertiary alicyclic amines) is 1. The van der Waals surface area contributed by atoms with E-state index < -0.39 is 18.1 Å². The molecular formula is C26H42N6O4S. The van der Waals surface area contributed by atoms with E-state index in [1.54, 1.807) is 17.4 Å². The molecule has 0 saturated carbocycles. The fourth-order valence-corrected chi connectivity index (χ4v) is 4.42. The maximum absolute atomic E-state index is 11.7. The van der Waals surface area contributed by atoms with Crippen molar-refractivity contribution in [3.05, 3.63) is 42.0 Å². The number of thiazole rings is 1. The summed E-state index contributed by atoms with van der Waals surface area (Å²) in [6, 6.07) is 9.12. The highest BCUT2D eigenvalue weighted by Gasteiger charge is 2.26. The van der Waals surface area contributed by atoms with Crippen LogP contribution in [0.3, 0.4) is 0 Å². The molecule has 2 aromatic heterocycles. The number of para-hydroxylation sites is 1. The van der Waals surface area contributed by atoms with Crippen LogP contribution < -0.4 is 10.6 Å². The molecular weight excluding hydrogens is 492 g/mol. The number of hydrogen-bond donors (Lipinski definition) is 5. The van der Waals surface area contributed by atoms with Gasteiger partial charge in [-0.15, -0.1) is 11.3 Å². The van der Waals surface area contributed by atoms with Crippen molar-refractivity contribution in [2.45, 2.75) is 58.6 Å². The average molecular weight is 535 g/mol. The largest absolute Gasteiger partial charge is 0.400 e. The lowest BCUT2D eigenvalue weighted by atomic mass is 9.93. The molecule has 37 heavy (non-hydrogen) atoms. The molecule has 0 radical (unpaired) electrons. The van der Waals surface area contributed by atoms with Gasteiger partial charge in [0.15, 0.2) is 6.10 Å². The van der Waals surface area contributed by atoms with Crippen molar-refractivity contribution in [1.29, 1.82) is 0 Å². The molecule has 1 aliphatic heterocycles. The third-order valence-electron chi connectivity index (χ3n) is 5.66. The van der Waals surface area contributed by atoms with Crippen molar-refractivity contribution >= 4 is 39.7 Å². The van der Waals surface area contributed by atoms with Gasteiger partial charge in [0.2, 0.25) is 6.41 Å². The predicted molar refractivity (Wildman–Crippen MR) is 149 cm³/mol. The Bertz CT molecular complexity index is 981. The third kappa shape index (κ3) is 12.3. The number of carbonyl (C=O) groups is 2. The number of anilines is 1. The Kier molecular flexibility index (Phi) is 15.3. The van der Waals surface area contributed by atoms with Crippen LogP contribution in [-0.4, -0.2) is 82.0 Å². The summed E-state index contributed by atoms with van der Waals surface area (Å²) in [5.74, 6) is -0.172. The summed E-state index contributed by atoms with van der Waals surface area (Å²) in [4.78, 5) is 28.7. The summed E-state index contributed by atoms with van der Waals surface area (Å²) in [5.41, 5.74) is 3.56. The van der Waals surface area contributed by atoms with Crippen LogP contribution in [0.15, 0.2) is 42.0 Å². The molecule has 0 spiro atoms. The van der Waals surface area contributed by atoms with Crippen molar-refractivity contribution in [3.63, 3.8) is 0 Å². The number of aromatic amines is 1. The molecule has 0 bridgehead atoms. The van der Waals surface area contributed by atoms with Gasteiger partial charge in [0.1, 0.15) is 5.82 Å². The van der Waals surface area contributed by atoms with Crippen LogP contribution in [-0.2, 0) is 9.59 Å². The number of hydrogen-bond acceptors (Lipinski definition) is 8. The zero-order chi connectivity index (χ0) is 27.7. The van der Waals surface area contributed by atoms with Gasteiger partial charge >= 0.3 is 0 Å². The van der Waals surface area contributed by atoms with E-state index in [0.29, 0.717) is 24.1 Å². The lowest BCUT2D eigenvalue weighted by Crippen LogP contribution is -2.46. The molecule has 10 nitrogen and oxygen atoms in total. The van der Waals surface area contributed by atoms with Gasteiger partial charge in [-0.2, -0.15) is 5.10 Å². The van der Waals surface area contributed by atoms with Crippen LogP contribution in [0, 0.1) is 5.41 Å². The Balaban J connectivity index is 0.000000298. The Morgan fingerprint density at radius 2 is 2.03 bits per heavy atom. The quantitative estimate of drug-likeness (QED) is 0.279. The first-order valence-electron chi connectivity index (χ1n) is 12.3.